The second-order valence-corrected chi connectivity index (χ2v) is 13.6. The summed E-state index contributed by atoms with van der Waals surface area (Å²) in [5, 5.41) is 4.22. The topological polar surface area (TPSA) is 55.6 Å². The van der Waals surface area contributed by atoms with Crippen molar-refractivity contribution in [1.82, 2.24) is 4.98 Å². The van der Waals surface area contributed by atoms with Crippen LogP contribution in [-0.2, 0) is 0 Å². The van der Waals surface area contributed by atoms with E-state index >= 15 is 0 Å². The molecule has 8 aromatic carbocycles. The Bertz CT molecular complexity index is 3160. The lowest BCUT2D eigenvalue weighted by Gasteiger charge is -2.26. The summed E-state index contributed by atoms with van der Waals surface area (Å²) in [6, 6.07) is 62.8. The Morgan fingerprint density at radius 1 is 0.352 bits per heavy atom. The van der Waals surface area contributed by atoms with Gasteiger partial charge >= 0.3 is 0 Å². The molecule has 3 aromatic heterocycles. The van der Waals surface area contributed by atoms with Gasteiger partial charge in [0.05, 0.1) is 0 Å². The van der Waals surface area contributed by atoms with Gasteiger partial charge in [-0.3, -0.25) is 0 Å². The number of fused-ring (bicyclic) bond motifs is 7. The zero-order valence-electron chi connectivity index (χ0n) is 28.9. The molecule has 0 saturated carbocycles. The lowest BCUT2D eigenvalue weighted by Crippen LogP contribution is -2.10. The van der Waals surface area contributed by atoms with Gasteiger partial charge in [-0.15, -0.1) is 0 Å². The highest BCUT2D eigenvalue weighted by molar-refractivity contribution is 6.11. The normalized spacial score (nSPS) is 11.7. The molecule has 0 bridgehead atoms. The SMILES string of the molecule is c1ccc(-c2ccc(N(c3cccc(-c4cccc5c4oc4ccccc45)c3)c3ccc4c(c3)oc3cc5nc(-c6ccccc6)oc5cc34)cc2)cc1. The van der Waals surface area contributed by atoms with Crippen molar-refractivity contribution >= 4 is 72.0 Å². The first-order chi connectivity index (χ1) is 26.7. The van der Waals surface area contributed by atoms with Crippen molar-refractivity contribution < 1.29 is 13.3 Å². The van der Waals surface area contributed by atoms with Crippen LogP contribution in [-0.4, -0.2) is 4.98 Å². The second kappa shape index (κ2) is 12.1. The molecular formula is C49H30N2O3. The fraction of sp³-hybridized carbons (Fsp3) is 0. The Morgan fingerprint density at radius 3 is 1.85 bits per heavy atom. The van der Waals surface area contributed by atoms with E-state index in [9.17, 15) is 0 Å². The van der Waals surface area contributed by atoms with E-state index < -0.39 is 0 Å². The lowest BCUT2D eigenvalue weighted by molar-refractivity contribution is 0.620. The Balaban J connectivity index is 1.05. The summed E-state index contributed by atoms with van der Waals surface area (Å²) in [4.78, 5) is 7.06. The third-order valence-electron chi connectivity index (χ3n) is 10.3. The first-order valence-electron chi connectivity index (χ1n) is 18.0. The largest absolute Gasteiger partial charge is 0.456 e. The molecule has 5 heteroatoms. The minimum Gasteiger partial charge on any atom is -0.456 e. The van der Waals surface area contributed by atoms with Crippen LogP contribution in [0, 0.1) is 0 Å². The molecule has 0 amide bonds. The number of benzene rings is 8. The number of furan rings is 2. The number of hydrogen-bond donors (Lipinski definition) is 0. The van der Waals surface area contributed by atoms with E-state index in [0.717, 1.165) is 94.3 Å². The Labute approximate surface area is 309 Å². The minimum absolute atomic E-state index is 0.595. The average Bonchev–Trinajstić information content (AvgIpc) is 3.94. The molecule has 3 heterocycles. The van der Waals surface area contributed by atoms with Crippen molar-refractivity contribution in [3.63, 3.8) is 0 Å². The van der Waals surface area contributed by atoms with Gasteiger partial charge in [0, 0.05) is 61.9 Å². The molecule has 254 valence electrons. The molecular weight excluding hydrogens is 665 g/mol. The minimum atomic E-state index is 0.595. The summed E-state index contributed by atoms with van der Waals surface area (Å²) >= 11 is 0. The van der Waals surface area contributed by atoms with E-state index in [1.165, 1.54) is 5.56 Å². The molecule has 11 rings (SSSR count). The summed E-state index contributed by atoms with van der Waals surface area (Å²) < 4.78 is 19.2. The monoisotopic (exact) mass is 694 g/mol. The van der Waals surface area contributed by atoms with E-state index in [-0.39, 0.29) is 0 Å². The molecule has 11 aromatic rings. The molecule has 0 aliphatic heterocycles. The van der Waals surface area contributed by atoms with Gasteiger partial charge in [0.2, 0.25) is 5.89 Å². The standard InChI is InChI=1S/C49H30N2O3/c1-3-11-31(12-4-1)32-21-23-35(24-22-32)51(36-16-9-15-34(27-36)38-18-10-19-41-39-17-7-8-20-44(39)53-48(38)41)37-25-26-40-42-29-47-43(30-46(42)52-45(40)28-37)50-49(54-47)33-13-5-2-6-14-33/h1-30H. The highest BCUT2D eigenvalue weighted by atomic mass is 16.4. The van der Waals surface area contributed by atoms with Gasteiger partial charge in [-0.25, -0.2) is 4.98 Å². The van der Waals surface area contributed by atoms with Crippen LogP contribution in [0.3, 0.4) is 0 Å². The molecule has 0 fully saturated rings. The van der Waals surface area contributed by atoms with Gasteiger partial charge in [0.15, 0.2) is 5.58 Å². The molecule has 54 heavy (non-hydrogen) atoms. The van der Waals surface area contributed by atoms with Gasteiger partial charge in [0.25, 0.3) is 0 Å². The number of aromatic nitrogens is 1. The molecule has 0 unspecified atom stereocenters. The van der Waals surface area contributed by atoms with E-state index in [1.54, 1.807) is 0 Å². The smallest absolute Gasteiger partial charge is 0.227 e. The van der Waals surface area contributed by atoms with Crippen LogP contribution >= 0.6 is 0 Å². The van der Waals surface area contributed by atoms with Crippen LogP contribution in [0.15, 0.2) is 195 Å². The molecule has 0 spiro atoms. The van der Waals surface area contributed by atoms with Crippen LogP contribution in [0.4, 0.5) is 17.1 Å². The summed E-state index contributed by atoms with van der Waals surface area (Å²) in [7, 11) is 0. The fourth-order valence-electron chi connectivity index (χ4n) is 7.70. The van der Waals surface area contributed by atoms with Crippen molar-refractivity contribution in [3.05, 3.63) is 182 Å². The van der Waals surface area contributed by atoms with Crippen LogP contribution < -0.4 is 4.90 Å². The van der Waals surface area contributed by atoms with Crippen LogP contribution in [0.1, 0.15) is 0 Å². The maximum atomic E-state index is 6.56. The number of oxazole rings is 1. The number of hydrogen-bond acceptors (Lipinski definition) is 5. The summed E-state index contributed by atoms with van der Waals surface area (Å²) in [5.74, 6) is 0.595. The van der Waals surface area contributed by atoms with Crippen molar-refractivity contribution in [3.8, 4) is 33.7 Å². The number of anilines is 3. The summed E-state index contributed by atoms with van der Waals surface area (Å²) in [6.45, 7) is 0. The average molecular weight is 695 g/mol. The first-order valence-corrected chi connectivity index (χ1v) is 18.0. The Kier molecular flexibility index (Phi) is 6.79. The molecule has 0 radical (unpaired) electrons. The van der Waals surface area contributed by atoms with Crippen molar-refractivity contribution in [1.29, 1.82) is 0 Å². The van der Waals surface area contributed by atoms with E-state index in [2.05, 4.69) is 126 Å². The third kappa shape index (κ3) is 4.98. The molecule has 5 nitrogen and oxygen atoms in total. The van der Waals surface area contributed by atoms with E-state index in [0.29, 0.717) is 5.89 Å². The van der Waals surface area contributed by atoms with E-state index in [1.807, 2.05) is 60.7 Å². The van der Waals surface area contributed by atoms with Crippen molar-refractivity contribution in [2.75, 3.05) is 4.90 Å². The van der Waals surface area contributed by atoms with Gasteiger partial charge < -0.3 is 18.2 Å². The van der Waals surface area contributed by atoms with Crippen LogP contribution in [0.2, 0.25) is 0 Å². The summed E-state index contributed by atoms with van der Waals surface area (Å²) in [5.41, 5.74) is 13.2. The highest BCUT2D eigenvalue weighted by Crippen LogP contribution is 2.42. The quantitative estimate of drug-likeness (QED) is 0.173. The zero-order chi connectivity index (χ0) is 35.6. The second-order valence-electron chi connectivity index (χ2n) is 13.6. The Hall–Kier alpha value is -7.37. The number of para-hydroxylation sites is 2. The molecule has 0 aliphatic carbocycles. The van der Waals surface area contributed by atoms with Crippen LogP contribution in [0.25, 0.3) is 88.7 Å². The predicted octanol–water partition coefficient (Wildman–Crippen LogP) is 14.1. The summed E-state index contributed by atoms with van der Waals surface area (Å²) in [6.07, 6.45) is 0. The van der Waals surface area contributed by atoms with Gasteiger partial charge in [-0.1, -0.05) is 109 Å². The molecule has 0 atom stereocenters. The van der Waals surface area contributed by atoms with Gasteiger partial charge in [0.1, 0.15) is 27.8 Å². The van der Waals surface area contributed by atoms with E-state index in [4.69, 9.17) is 18.2 Å². The lowest BCUT2D eigenvalue weighted by atomic mass is 10.0. The number of nitrogens with zero attached hydrogens (tertiary/aromatic N) is 2. The fourth-order valence-corrected chi connectivity index (χ4v) is 7.70. The molecule has 0 N–H and O–H groups in total. The van der Waals surface area contributed by atoms with Crippen molar-refractivity contribution in [2.24, 2.45) is 0 Å². The molecule has 0 aliphatic rings. The molecule has 0 saturated heterocycles. The maximum absolute atomic E-state index is 6.56. The van der Waals surface area contributed by atoms with Gasteiger partial charge in [-0.2, -0.15) is 0 Å². The number of rotatable bonds is 6. The Morgan fingerprint density at radius 2 is 1.00 bits per heavy atom. The highest BCUT2D eigenvalue weighted by Gasteiger charge is 2.19. The maximum Gasteiger partial charge on any atom is 0.227 e. The van der Waals surface area contributed by atoms with Gasteiger partial charge in [-0.05, 0) is 77.4 Å². The zero-order valence-corrected chi connectivity index (χ0v) is 28.9. The predicted molar refractivity (Wildman–Crippen MR) is 220 cm³/mol. The van der Waals surface area contributed by atoms with Crippen molar-refractivity contribution in [2.45, 2.75) is 0 Å². The third-order valence-corrected chi connectivity index (χ3v) is 10.3. The van der Waals surface area contributed by atoms with Crippen LogP contribution in [0.5, 0.6) is 0 Å². The first kappa shape index (κ1) is 30.3.